The third-order valence-electron chi connectivity index (χ3n) is 10.5. The summed E-state index contributed by atoms with van der Waals surface area (Å²) in [6, 6.07) is 51.7. The number of esters is 1. The molecule has 1 amide bonds. The molecule has 0 aliphatic carbocycles. The molecule has 1 atom stereocenters. The van der Waals surface area contributed by atoms with Gasteiger partial charge in [0.05, 0.1) is 0 Å². The van der Waals surface area contributed by atoms with Gasteiger partial charge in [0.2, 0.25) is 5.82 Å². The van der Waals surface area contributed by atoms with Crippen molar-refractivity contribution in [2.45, 2.75) is 65.0 Å². The van der Waals surface area contributed by atoms with Crippen molar-refractivity contribution in [1.82, 2.24) is 25.1 Å². The number of amides is 1. The lowest BCUT2D eigenvalue weighted by molar-refractivity contribution is -0.763. The number of carbonyl (C=O) groups excluding carboxylic acids is 2. The topological polar surface area (TPSA) is 143 Å². The second-order valence-electron chi connectivity index (χ2n) is 16.3. The zero-order chi connectivity index (χ0) is 43.9. The third kappa shape index (κ3) is 9.29. The lowest BCUT2D eigenvalue weighted by Crippen LogP contribution is -2.49. The Kier molecular flexibility index (Phi) is 12.7. The Bertz CT molecular complexity index is 2530. The molecule has 62 heavy (non-hydrogen) atoms. The van der Waals surface area contributed by atoms with Crippen LogP contribution in [-0.4, -0.2) is 53.7 Å². The summed E-state index contributed by atoms with van der Waals surface area (Å²) in [5, 5.41) is 24.6. The summed E-state index contributed by atoms with van der Waals surface area (Å²) < 4.78 is 5.84. The van der Waals surface area contributed by atoms with Crippen molar-refractivity contribution in [3.8, 4) is 22.5 Å². The molecule has 0 radical (unpaired) electrons. The molecule has 0 fully saturated rings. The number of carbonyl (C=O) groups is 2. The van der Waals surface area contributed by atoms with Gasteiger partial charge in [-0.25, -0.2) is 4.79 Å². The molecule has 0 aliphatic heterocycles. The van der Waals surface area contributed by atoms with Crippen LogP contribution in [0, 0.1) is 16.0 Å². The highest BCUT2D eigenvalue weighted by Gasteiger charge is 2.41. The first-order valence-electron chi connectivity index (χ1n) is 20.4. The zero-order valence-corrected chi connectivity index (χ0v) is 35.3. The van der Waals surface area contributed by atoms with Crippen molar-refractivity contribution < 1.29 is 24.3 Å². The summed E-state index contributed by atoms with van der Waals surface area (Å²) in [6.07, 6.45) is 0. The normalized spacial score (nSPS) is 12.1. The van der Waals surface area contributed by atoms with E-state index in [4.69, 9.17) is 20.1 Å². The van der Waals surface area contributed by atoms with Crippen LogP contribution < -0.4 is 0 Å². The second-order valence-corrected chi connectivity index (χ2v) is 16.3. The van der Waals surface area contributed by atoms with Gasteiger partial charge >= 0.3 is 5.97 Å². The summed E-state index contributed by atoms with van der Waals surface area (Å²) in [6.45, 7) is 8.84. The summed E-state index contributed by atoms with van der Waals surface area (Å²) in [4.78, 5) is 46.9. The summed E-state index contributed by atoms with van der Waals surface area (Å²) in [5.41, 5.74) is 5.18. The Morgan fingerprint density at radius 1 is 0.710 bits per heavy atom. The Morgan fingerprint density at radius 3 is 1.79 bits per heavy atom. The average Bonchev–Trinajstić information content (AvgIpc) is 3.77. The van der Waals surface area contributed by atoms with E-state index in [1.54, 1.807) is 49.8 Å². The molecule has 0 unspecified atom stereocenters. The highest BCUT2D eigenvalue weighted by atomic mass is 16.9. The molecule has 12 nitrogen and oxygen atoms in total. The fraction of sp³-hybridized carbons (Fsp3) is 0.220. The van der Waals surface area contributed by atoms with Gasteiger partial charge in [0.1, 0.15) is 18.2 Å². The maximum atomic E-state index is 14.4. The van der Waals surface area contributed by atoms with Crippen molar-refractivity contribution in [3.63, 3.8) is 0 Å². The summed E-state index contributed by atoms with van der Waals surface area (Å²) >= 11 is 0. The fourth-order valence-electron chi connectivity index (χ4n) is 7.77. The Morgan fingerprint density at radius 2 is 1.26 bits per heavy atom. The summed E-state index contributed by atoms with van der Waals surface area (Å²) in [5.74, 6) is -0.836. The molecule has 314 valence electrons. The van der Waals surface area contributed by atoms with Gasteiger partial charge in [-0.05, 0) is 83.0 Å². The van der Waals surface area contributed by atoms with Crippen LogP contribution in [0.15, 0.2) is 164 Å². The first kappa shape index (κ1) is 42.6. The number of ether oxygens (including phenoxy) is 1. The van der Waals surface area contributed by atoms with Crippen LogP contribution in [0.1, 0.15) is 72.8 Å². The van der Waals surface area contributed by atoms with Gasteiger partial charge in [-0.15, -0.1) is 25.1 Å². The van der Waals surface area contributed by atoms with E-state index in [1.807, 2.05) is 117 Å². The number of rotatable bonds is 15. The van der Waals surface area contributed by atoms with Gasteiger partial charge in [-0.3, -0.25) is 4.79 Å². The van der Waals surface area contributed by atoms with Crippen LogP contribution in [0.5, 0.6) is 0 Å². The largest absolute Gasteiger partial charge is 0.458 e. The predicted octanol–water partition coefficient (Wildman–Crippen LogP) is 9.56. The molecule has 0 saturated carbocycles. The second kappa shape index (κ2) is 18.4. The Balaban J connectivity index is 1.25. The van der Waals surface area contributed by atoms with Gasteiger partial charge in [0.25, 0.3) is 11.0 Å². The molecule has 1 heterocycles. The maximum absolute atomic E-state index is 14.4. The van der Waals surface area contributed by atoms with E-state index in [-0.39, 0.29) is 24.6 Å². The van der Waals surface area contributed by atoms with Crippen LogP contribution in [0.4, 0.5) is 0 Å². The highest BCUT2D eigenvalue weighted by molar-refractivity contribution is 5.97. The first-order valence-corrected chi connectivity index (χ1v) is 20.4. The van der Waals surface area contributed by atoms with Crippen molar-refractivity contribution in [1.29, 1.82) is 0 Å². The molecule has 0 aliphatic rings. The van der Waals surface area contributed by atoms with Crippen molar-refractivity contribution in [2.24, 2.45) is 5.92 Å². The molecule has 7 rings (SSSR count). The number of tetrazole rings is 1. The number of benzene rings is 6. The minimum atomic E-state index is -0.940. The smallest absolute Gasteiger partial charge is 0.329 e. The van der Waals surface area contributed by atoms with E-state index in [1.165, 1.54) is 4.90 Å². The first-order chi connectivity index (χ1) is 29.8. The zero-order valence-electron chi connectivity index (χ0n) is 35.3. The molecule has 0 spiro atoms. The minimum absolute atomic E-state index is 0.0783. The molecule has 1 aromatic heterocycles. The van der Waals surface area contributed by atoms with Crippen molar-refractivity contribution >= 4 is 11.9 Å². The molecule has 0 bridgehead atoms. The molecule has 6 aromatic carbocycles. The summed E-state index contributed by atoms with van der Waals surface area (Å²) in [7, 11) is 0. The predicted molar refractivity (Wildman–Crippen MR) is 236 cm³/mol. The van der Waals surface area contributed by atoms with E-state index >= 15 is 0 Å². The maximum Gasteiger partial charge on any atom is 0.329 e. The minimum Gasteiger partial charge on any atom is -0.458 e. The van der Waals surface area contributed by atoms with Crippen molar-refractivity contribution in [3.05, 3.63) is 207 Å². The van der Waals surface area contributed by atoms with E-state index in [2.05, 4.69) is 41.2 Å². The number of nitrogens with zero attached hydrogens (tertiary/aromatic N) is 6. The molecule has 0 N–H and O–H groups in total. The van der Waals surface area contributed by atoms with Gasteiger partial charge in [-0.1, -0.05) is 166 Å². The SMILES string of the molecule is CC(C)[C@@H](C(=O)OC(C)(C)C)N(Cc1ccc(-c2ccccc2-c2nnn(C(c3ccccc3)(c3ccccc3)c3ccccc3)n2)cc1)C(=O)c1cccc(CO[N+](=O)[O-])c1. The Hall–Kier alpha value is -7.47. The van der Waals surface area contributed by atoms with E-state index < -0.39 is 34.1 Å². The number of aromatic nitrogens is 4. The average molecular weight is 829 g/mol. The van der Waals surface area contributed by atoms with Gasteiger partial charge < -0.3 is 14.5 Å². The number of hydrogen-bond donors (Lipinski definition) is 0. The van der Waals surface area contributed by atoms with Crippen LogP contribution in [0.25, 0.3) is 22.5 Å². The van der Waals surface area contributed by atoms with Gasteiger partial charge in [-0.2, -0.15) is 0 Å². The highest BCUT2D eigenvalue weighted by Crippen LogP contribution is 2.40. The Labute approximate surface area is 360 Å². The molecule has 0 saturated heterocycles. The standard InChI is InChI=1S/C50H48N6O6/c1-35(2)45(48(58)62-49(3,4)5)54(47(57)39-19-17-18-37(32-39)34-61-56(59)60)33-36-28-30-38(31-29-36)43-26-15-16-27-44(43)46-51-53-55(52-46)50(40-20-9-6-10-21-40,41-22-11-7-12-23-41)42-24-13-8-14-25-42/h6-32,35,45H,33-34H2,1-5H3/t45-/m0/s1. The fourth-order valence-corrected chi connectivity index (χ4v) is 7.77. The monoisotopic (exact) mass is 828 g/mol. The van der Waals surface area contributed by atoms with Crippen LogP contribution in [0.3, 0.4) is 0 Å². The van der Waals surface area contributed by atoms with Crippen LogP contribution in [-0.2, 0) is 33.1 Å². The van der Waals surface area contributed by atoms with E-state index in [9.17, 15) is 19.7 Å². The van der Waals surface area contributed by atoms with Crippen LogP contribution in [0.2, 0.25) is 0 Å². The van der Waals surface area contributed by atoms with E-state index in [0.717, 1.165) is 38.9 Å². The molecular weight excluding hydrogens is 781 g/mol. The van der Waals surface area contributed by atoms with Gasteiger partial charge in [0.15, 0.2) is 5.54 Å². The lowest BCUT2D eigenvalue weighted by Gasteiger charge is -2.35. The molecular formula is C50H48N6O6. The molecule has 7 aromatic rings. The van der Waals surface area contributed by atoms with Crippen molar-refractivity contribution in [2.75, 3.05) is 0 Å². The van der Waals surface area contributed by atoms with Crippen LogP contribution >= 0.6 is 0 Å². The van der Waals surface area contributed by atoms with E-state index in [0.29, 0.717) is 11.4 Å². The number of hydrogen-bond acceptors (Lipinski definition) is 9. The molecule has 12 heteroatoms. The van der Waals surface area contributed by atoms with Gasteiger partial charge in [0, 0.05) is 17.7 Å². The lowest BCUT2D eigenvalue weighted by atomic mass is 9.77. The quantitative estimate of drug-likeness (QED) is 0.0427. The third-order valence-corrected chi connectivity index (χ3v) is 10.5.